The molecule has 0 aromatic carbocycles. The van der Waals surface area contributed by atoms with E-state index in [0.29, 0.717) is 36.4 Å². The number of hydrogen-bond acceptors (Lipinski definition) is 4. The number of rotatable bonds is 3. The van der Waals surface area contributed by atoms with Crippen LogP contribution < -0.4 is 29.6 Å². The molecule has 0 spiro atoms. The molecule has 3 saturated carbocycles. The summed E-state index contributed by atoms with van der Waals surface area (Å²) in [5, 5.41) is 0. The van der Waals surface area contributed by atoms with Crippen LogP contribution in [0.25, 0.3) is 0 Å². The van der Waals surface area contributed by atoms with E-state index in [4.69, 9.17) is 8.74 Å². The molecule has 3 fully saturated rings. The van der Waals surface area contributed by atoms with E-state index in [1.807, 2.05) is 0 Å². The molecule has 0 aliphatic heterocycles. The number of carbonyl (C=O) groups excluding carboxylic acids is 1. The van der Waals surface area contributed by atoms with Crippen molar-refractivity contribution in [2.75, 3.05) is 0 Å². The zero-order valence-corrected chi connectivity index (χ0v) is 20.4. The van der Waals surface area contributed by atoms with Crippen molar-refractivity contribution in [3.05, 3.63) is 11.6 Å². The maximum Gasteiger partial charge on any atom is 1.00 e. The van der Waals surface area contributed by atoms with E-state index < -0.39 is 16.5 Å². The van der Waals surface area contributed by atoms with E-state index in [1.54, 1.807) is 6.92 Å². The van der Waals surface area contributed by atoms with Crippen molar-refractivity contribution >= 4 is 16.2 Å². The number of Topliss-reactive ketones (excluding diaryl/α,β-unsaturated/α-hetero) is 1. The third kappa shape index (κ3) is 3.71. The molecule has 4 aliphatic carbocycles. The van der Waals surface area contributed by atoms with Gasteiger partial charge in [-0.25, -0.2) is 4.18 Å². The SMILES string of the molecule is CC(=O)[C@H]1CCC2C3CC=C4C[C@@H](OS(=O)(=O)O)CC[C@]4(C)C3CC[C@@]21C.[Na+]. The van der Waals surface area contributed by atoms with Gasteiger partial charge in [0.15, 0.2) is 0 Å². The maximum absolute atomic E-state index is 12.2. The summed E-state index contributed by atoms with van der Waals surface area (Å²) in [5.74, 6) is 2.43. The zero-order chi connectivity index (χ0) is 19.6. The Hall–Kier alpha value is 0.280. The largest absolute Gasteiger partial charge is 1.00 e. The monoisotopic (exact) mass is 419 g/mol. The molecule has 152 valence electrons. The van der Waals surface area contributed by atoms with Gasteiger partial charge < -0.3 is 0 Å². The Kier molecular flexibility index (Phi) is 6.36. The first-order chi connectivity index (χ1) is 12.5. The van der Waals surface area contributed by atoms with Crippen LogP contribution >= 0.6 is 0 Å². The Labute approximate surface area is 191 Å². The zero-order valence-electron chi connectivity index (χ0n) is 17.6. The predicted molar refractivity (Wildman–Crippen MR) is 102 cm³/mol. The summed E-state index contributed by atoms with van der Waals surface area (Å²) >= 11 is 0. The van der Waals surface area contributed by atoms with Crippen molar-refractivity contribution in [3.8, 4) is 0 Å². The summed E-state index contributed by atoms with van der Waals surface area (Å²) in [4.78, 5) is 12.2. The fraction of sp³-hybridized carbons (Fsp3) is 0.857. The van der Waals surface area contributed by atoms with Gasteiger partial charge in [0.1, 0.15) is 5.78 Å². The molecule has 0 aromatic heterocycles. The van der Waals surface area contributed by atoms with Crippen LogP contribution in [0, 0.1) is 34.5 Å². The van der Waals surface area contributed by atoms with Gasteiger partial charge >= 0.3 is 40.0 Å². The average molecular weight is 420 g/mol. The van der Waals surface area contributed by atoms with Crippen LogP contribution in [0.1, 0.15) is 72.1 Å². The molecule has 0 saturated heterocycles. The standard InChI is InChI=1S/C21H32O5S.Na/c1-13(22)17-6-7-18-16-5-4-14-12-15(26-27(23,24)25)8-10-20(14,2)19(16)9-11-21(17,18)3;/h4,15-19H,5-12H2,1-3H3,(H,23,24,25);/q;+1/t15-,16?,17+,18?,19?,20-,21+;/m0./s1. The van der Waals surface area contributed by atoms with Crippen LogP contribution in [0.4, 0.5) is 0 Å². The van der Waals surface area contributed by atoms with Gasteiger partial charge in [0.25, 0.3) is 0 Å². The third-order valence-corrected chi connectivity index (χ3v) is 9.32. The second-order valence-corrected chi connectivity index (χ2v) is 11.0. The van der Waals surface area contributed by atoms with Crippen LogP contribution in [0.3, 0.4) is 0 Å². The van der Waals surface area contributed by atoms with E-state index in [0.717, 1.165) is 38.5 Å². The van der Waals surface area contributed by atoms with Crippen molar-refractivity contribution in [1.29, 1.82) is 0 Å². The number of hydrogen-bond donors (Lipinski definition) is 1. The number of carbonyl (C=O) groups is 1. The fourth-order valence-corrected chi connectivity index (χ4v) is 8.06. The van der Waals surface area contributed by atoms with Crippen LogP contribution in [-0.4, -0.2) is 24.9 Å². The molecular formula is C21H32NaO5S+. The molecule has 5 nitrogen and oxygen atoms in total. The van der Waals surface area contributed by atoms with E-state index >= 15 is 0 Å². The van der Waals surface area contributed by atoms with Gasteiger partial charge in [0.05, 0.1) is 6.10 Å². The third-order valence-electron chi connectivity index (χ3n) is 8.81. The molecule has 0 aromatic rings. The Morgan fingerprint density at radius 2 is 1.86 bits per heavy atom. The normalized spacial score (nSPS) is 45.1. The average Bonchev–Trinajstić information content (AvgIpc) is 2.91. The Balaban J connectivity index is 0.00000225. The first kappa shape index (κ1) is 23.0. The van der Waals surface area contributed by atoms with Gasteiger partial charge in [-0.1, -0.05) is 25.5 Å². The molecular weight excluding hydrogens is 387 g/mol. The minimum Gasteiger partial charge on any atom is -0.300 e. The predicted octanol–water partition coefficient (Wildman–Crippen LogP) is 1.35. The number of allylic oxidation sites excluding steroid dienone is 1. The molecule has 4 aliphatic rings. The summed E-state index contributed by atoms with van der Waals surface area (Å²) in [7, 11) is -4.40. The summed E-state index contributed by atoms with van der Waals surface area (Å²) in [6.07, 6.45) is 9.54. The first-order valence-electron chi connectivity index (χ1n) is 10.4. The van der Waals surface area contributed by atoms with Crippen LogP contribution in [0.5, 0.6) is 0 Å². The maximum atomic E-state index is 12.2. The van der Waals surface area contributed by atoms with Crippen molar-refractivity contribution in [2.24, 2.45) is 34.5 Å². The summed E-state index contributed by atoms with van der Waals surface area (Å²) < 4.78 is 36.1. The molecule has 4 rings (SSSR count). The van der Waals surface area contributed by atoms with Crippen LogP contribution in [0.15, 0.2) is 11.6 Å². The Morgan fingerprint density at radius 3 is 2.50 bits per heavy atom. The van der Waals surface area contributed by atoms with E-state index in [2.05, 4.69) is 19.9 Å². The molecule has 28 heavy (non-hydrogen) atoms. The molecule has 7 heteroatoms. The van der Waals surface area contributed by atoms with Gasteiger partial charge in [-0.3, -0.25) is 9.35 Å². The topological polar surface area (TPSA) is 80.7 Å². The molecule has 0 amide bonds. The number of fused-ring (bicyclic) bond motifs is 5. The Morgan fingerprint density at radius 1 is 1.14 bits per heavy atom. The summed E-state index contributed by atoms with van der Waals surface area (Å²) in [5.41, 5.74) is 1.56. The minimum atomic E-state index is -4.40. The van der Waals surface area contributed by atoms with Gasteiger partial charge in [-0.05, 0) is 86.9 Å². The molecule has 3 unspecified atom stereocenters. The van der Waals surface area contributed by atoms with E-state index in [1.165, 1.54) is 5.57 Å². The second-order valence-electron chi connectivity index (χ2n) is 9.93. The molecule has 0 bridgehead atoms. The molecule has 0 radical (unpaired) electrons. The van der Waals surface area contributed by atoms with Crippen LogP contribution in [-0.2, 0) is 19.4 Å². The Bertz CT molecular complexity index is 778. The van der Waals surface area contributed by atoms with E-state index in [-0.39, 0.29) is 46.3 Å². The van der Waals surface area contributed by atoms with Gasteiger partial charge in [0.2, 0.25) is 0 Å². The molecule has 1 N–H and O–H groups in total. The second kappa shape index (κ2) is 7.76. The van der Waals surface area contributed by atoms with Crippen molar-refractivity contribution in [2.45, 2.75) is 78.2 Å². The van der Waals surface area contributed by atoms with Gasteiger partial charge in [0, 0.05) is 5.92 Å². The van der Waals surface area contributed by atoms with E-state index in [9.17, 15) is 13.2 Å². The van der Waals surface area contributed by atoms with Gasteiger partial charge in [-0.15, -0.1) is 0 Å². The smallest absolute Gasteiger partial charge is 0.300 e. The molecule has 7 atom stereocenters. The van der Waals surface area contributed by atoms with Gasteiger partial charge in [-0.2, -0.15) is 8.42 Å². The van der Waals surface area contributed by atoms with Crippen molar-refractivity contribution < 1.29 is 51.5 Å². The fourth-order valence-electron chi connectivity index (χ4n) is 7.55. The van der Waals surface area contributed by atoms with Crippen molar-refractivity contribution in [3.63, 3.8) is 0 Å². The van der Waals surface area contributed by atoms with Crippen LogP contribution in [0.2, 0.25) is 0 Å². The summed E-state index contributed by atoms with van der Waals surface area (Å²) in [6, 6.07) is 0. The molecule has 0 heterocycles. The number of ketones is 1. The van der Waals surface area contributed by atoms with Crippen molar-refractivity contribution in [1.82, 2.24) is 0 Å². The minimum absolute atomic E-state index is 0. The first-order valence-corrected chi connectivity index (χ1v) is 11.8. The summed E-state index contributed by atoms with van der Waals surface area (Å²) in [6.45, 7) is 6.46. The quantitative estimate of drug-likeness (QED) is 0.424.